The van der Waals surface area contributed by atoms with Crippen molar-refractivity contribution in [1.29, 1.82) is 0 Å². The first-order chi connectivity index (χ1) is 10.8. The molecule has 0 saturated heterocycles. The number of carbonyl (C=O) groups is 1. The fourth-order valence-corrected chi connectivity index (χ4v) is 3.21. The van der Waals surface area contributed by atoms with Gasteiger partial charge in [-0.3, -0.25) is 4.79 Å². The Morgan fingerprint density at radius 3 is 2.35 bits per heavy atom. The number of rotatable bonds is 6. The Bertz CT molecular complexity index is 672. The molecule has 124 valence electrons. The second-order valence-electron chi connectivity index (χ2n) is 5.64. The van der Waals surface area contributed by atoms with Gasteiger partial charge in [0.15, 0.2) is 0 Å². The van der Waals surface area contributed by atoms with Crippen LogP contribution in [0.3, 0.4) is 0 Å². The summed E-state index contributed by atoms with van der Waals surface area (Å²) in [7, 11) is 0. The van der Waals surface area contributed by atoms with Gasteiger partial charge in [0.1, 0.15) is 0 Å². The molecule has 1 aromatic heterocycles. The SMILES string of the molecule is CCNC(=O)C=C(C)/C=C/C=C(C)C=Cc1c(C)sc(C)c1C. The number of amides is 1. The van der Waals surface area contributed by atoms with E-state index in [2.05, 4.69) is 51.2 Å². The Balaban J connectivity index is 2.72. The van der Waals surface area contributed by atoms with Crippen molar-refractivity contribution in [3.05, 3.63) is 62.4 Å². The zero-order valence-corrected chi connectivity index (χ0v) is 15.8. The van der Waals surface area contributed by atoms with Crippen LogP contribution in [0.25, 0.3) is 6.08 Å². The molecular formula is C20H27NOS. The number of nitrogens with one attached hydrogen (secondary N) is 1. The summed E-state index contributed by atoms with van der Waals surface area (Å²) in [4.78, 5) is 14.2. The average molecular weight is 330 g/mol. The van der Waals surface area contributed by atoms with Crippen LogP contribution in [0.15, 0.2) is 41.5 Å². The lowest BCUT2D eigenvalue weighted by Crippen LogP contribution is -2.20. The molecule has 0 spiro atoms. The van der Waals surface area contributed by atoms with Gasteiger partial charge >= 0.3 is 0 Å². The van der Waals surface area contributed by atoms with Crippen molar-refractivity contribution in [2.24, 2.45) is 0 Å². The van der Waals surface area contributed by atoms with Gasteiger partial charge in [0.05, 0.1) is 0 Å². The van der Waals surface area contributed by atoms with E-state index in [1.54, 1.807) is 6.08 Å². The number of hydrogen-bond acceptors (Lipinski definition) is 2. The van der Waals surface area contributed by atoms with Crippen LogP contribution in [0.5, 0.6) is 0 Å². The third-order valence-electron chi connectivity index (χ3n) is 3.56. The Hall–Kier alpha value is -1.87. The first-order valence-corrected chi connectivity index (χ1v) is 8.72. The fraction of sp³-hybridized carbons (Fsp3) is 0.350. The van der Waals surface area contributed by atoms with Crippen LogP contribution in [0.4, 0.5) is 0 Å². The van der Waals surface area contributed by atoms with E-state index in [-0.39, 0.29) is 5.91 Å². The second kappa shape index (κ2) is 9.31. The highest BCUT2D eigenvalue weighted by molar-refractivity contribution is 7.12. The maximum absolute atomic E-state index is 11.4. The highest BCUT2D eigenvalue weighted by Crippen LogP contribution is 2.27. The van der Waals surface area contributed by atoms with Gasteiger partial charge in [-0.1, -0.05) is 36.0 Å². The highest BCUT2D eigenvalue weighted by atomic mass is 32.1. The van der Waals surface area contributed by atoms with Crippen molar-refractivity contribution in [2.75, 3.05) is 6.54 Å². The van der Waals surface area contributed by atoms with Crippen LogP contribution < -0.4 is 5.32 Å². The Morgan fingerprint density at radius 1 is 1.09 bits per heavy atom. The summed E-state index contributed by atoms with van der Waals surface area (Å²) < 4.78 is 0. The van der Waals surface area contributed by atoms with Crippen molar-refractivity contribution in [3.8, 4) is 0 Å². The summed E-state index contributed by atoms with van der Waals surface area (Å²) in [5.41, 5.74) is 4.81. The molecule has 0 atom stereocenters. The van der Waals surface area contributed by atoms with E-state index >= 15 is 0 Å². The van der Waals surface area contributed by atoms with Crippen molar-refractivity contribution >= 4 is 23.3 Å². The van der Waals surface area contributed by atoms with Crippen LogP contribution >= 0.6 is 11.3 Å². The van der Waals surface area contributed by atoms with Crippen molar-refractivity contribution in [2.45, 2.75) is 41.5 Å². The standard InChI is InChI=1S/C20H27NOS/c1-7-21-20(22)13-15(3)10-8-9-14(2)11-12-19-16(4)17(5)23-18(19)6/h8-13H,7H2,1-6H3,(H,21,22)/b10-8+,12-11?,14-9?,15-13?. The molecule has 0 aromatic carbocycles. The number of thiophene rings is 1. The molecule has 23 heavy (non-hydrogen) atoms. The van der Waals surface area contributed by atoms with Crippen LogP contribution in [0, 0.1) is 20.8 Å². The first-order valence-electron chi connectivity index (χ1n) is 7.91. The van der Waals surface area contributed by atoms with E-state index in [1.165, 1.54) is 26.5 Å². The monoisotopic (exact) mass is 329 g/mol. The molecule has 0 saturated carbocycles. The second-order valence-corrected chi connectivity index (χ2v) is 7.07. The van der Waals surface area contributed by atoms with E-state index in [0.29, 0.717) is 6.54 Å². The molecule has 1 rings (SSSR count). The Morgan fingerprint density at radius 2 is 1.78 bits per heavy atom. The fourth-order valence-electron chi connectivity index (χ4n) is 2.16. The molecule has 0 unspecified atom stereocenters. The van der Waals surface area contributed by atoms with E-state index in [9.17, 15) is 4.79 Å². The third-order valence-corrected chi connectivity index (χ3v) is 4.70. The van der Waals surface area contributed by atoms with E-state index < -0.39 is 0 Å². The minimum absolute atomic E-state index is 0.0472. The number of hydrogen-bond donors (Lipinski definition) is 1. The number of allylic oxidation sites excluding steroid dienone is 6. The van der Waals surface area contributed by atoms with E-state index in [0.717, 1.165) is 5.57 Å². The van der Waals surface area contributed by atoms with Crippen molar-refractivity contribution in [1.82, 2.24) is 5.32 Å². The topological polar surface area (TPSA) is 29.1 Å². The first kappa shape index (κ1) is 19.2. The van der Waals surface area contributed by atoms with Crippen LogP contribution in [0.1, 0.15) is 41.7 Å². The zero-order valence-electron chi connectivity index (χ0n) is 15.0. The normalized spacial score (nSPS) is 13.3. The van der Waals surface area contributed by atoms with Gasteiger partial charge in [-0.05, 0) is 58.2 Å². The quantitative estimate of drug-likeness (QED) is 0.559. The van der Waals surface area contributed by atoms with E-state index in [1.807, 2.05) is 37.3 Å². The lowest BCUT2D eigenvalue weighted by molar-refractivity contribution is -0.116. The number of likely N-dealkylation sites (N-methyl/N-ethyl adjacent to an activating group) is 1. The molecule has 1 heterocycles. The summed E-state index contributed by atoms with van der Waals surface area (Å²) in [5, 5.41) is 2.75. The van der Waals surface area contributed by atoms with Crippen molar-refractivity contribution < 1.29 is 4.79 Å². The summed E-state index contributed by atoms with van der Waals surface area (Å²) in [6.07, 6.45) is 11.9. The molecule has 1 aromatic rings. The van der Waals surface area contributed by atoms with Crippen LogP contribution in [-0.4, -0.2) is 12.5 Å². The summed E-state index contributed by atoms with van der Waals surface area (Å²) in [6.45, 7) is 13.1. The molecule has 0 aliphatic heterocycles. The van der Waals surface area contributed by atoms with Gasteiger partial charge in [-0.2, -0.15) is 0 Å². The maximum Gasteiger partial charge on any atom is 0.244 e. The van der Waals surface area contributed by atoms with Crippen molar-refractivity contribution in [3.63, 3.8) is 0 Å². The van der Waals surface area contributed by atoms with Gasteiger partial charge in [0.25, 0.3) is 0 Å². The van der Waals surface area contributed by atoms with E-state index in [4.69, 9.17) is 0 Å². The molecule has 1 amide bonds. The lowest BCUT2D eigenvalue weighted by atomic mass is 10.1. The lowest BCUT2D eigenvalue weighted by Gasteiger charge is -1.96. The van der Waals surface area contributed by atoms with Gasteiger partial charge in [0.2, 0.25) is 5.91 Å². The zero-order chi connectivity index (χ0) is 17.4. The van der Waals surface area contributed by atoms with Gasteiger partial charge in [-0.15, -0.1) is 11.3 Å². The number of carbonyl (C=O) groups excluding carboxylic acids is 1. The summed E-state index contributed by atoms with van der Waals surface area (Å²) in [6, 6.07) is 0. The number of aryl methyl sites for hydroxylation is 2. The predicted octanol–water partition coefficient (Wildman–Crippen LogP) is 5.27. The average Bonchev–Trinajstić information content (AvgIpc) is 2.70. The Kier molecular flexibility index (Phi) is 7.76. The molecule has 1 N–H and O–H groups in total. The molecule has 0 radical (unpaired) electrons. The van der Waals surface area contributed by atoms with Crippen LogP contribution in [0.2, 0.25) is 0 Å². The largest absolute Gasteiger partial charge is 0.353 e. The third kappa shape index (κ3) is 6.41. The molecule has 0 bridgehead atoms. The summed E-state index contributed by atoms with van der Waals surface area (Å²) >= 11 is 1.85. The molecule has 0 aliphatic rings. The predicted molar refractivity (Wildman–Crippen MR) is 103 cm³/mol. The molecule has 3 heteroatoms. The Labute approximate surface area is 144 Å². The summed E-state index contributed by atoms with van der Waals surface area (Å²) in [5.74, 6) is -0.0472. The molecule has 2 nitrogen and oxygen atoms in total. The maximum atomic E-state index is 11.4. The molecule has 0 aliphatic carbocycles. The van der Waals surface area contributed by atoms with Gasteiger partial charge < -0.3 is 5.32 Å². The molecule has 0 fully saturated rings. The smallest absolute Gasteiger partial charge is 0.244 e. The minimum Gasteiger partial charge on any atom is -0.353 e. The van der Waals surface area contributed by atoms with Gasteiger partial charge in [-0.25, -0.2) is 0 Å². The van der Waals surface area contributed by atoms with Crippen LogP contribution in [-0.2, 0) is 4.79 Å². The van der Waals surface area contributed by atoms with Gasteiger partial charge in [0, 0.05) is 22.4 Å². The highest BCUT2D eigenvalue weighted by Gasteiger charge is 2.05. The minimum atomic E-state index is -0.0472. The molecular weight excluding hydrogens is 302 g/mol.